The van der Waals surface area contributed by atoms with Gasteiger partial charge in [-0.3, -0.25) is 0 Å². The minimum absolute atomic E-state index is 0.0992. The van der Waals surface area contributed by atoms with E-state index < -0.39 is 0 Å². The monoisotopic (exact) mass is 211 g/mol. The van der Waals surface area contributed by atoms with E-state index in [1.54, 1.807) is 20.4 Å². The Labute approximate surface area is 89.6 Å². The van der Waals surface area contributed by atoms with Crippen LogP contribution in [-0.2, 0) is 4.74 Å². The lowest BCUT2D eigenvalue weighted by molar-refractivity contribution is 0.187. The molecule has 1 unspecified atom stereocenters. The maximum absolute atomic E-state index is 5.59. The highest BCUT2D eigenvalue weighted by Crippen LogP contribution is 2.14. The molecule has 5 nitrogen and oxygen atoms in total. The molecule has 0 amide bonds. The number of nitrogens with one attached hydrogen (secondary N) is 1. The molecule has 0 radical (unpaired) electrons. The molecule has 1 aromatic heterocycles. The van der Waals surface area contributed by atoms with Gasteiger partial charge in [-0.05, 0) is 6.07 Å². The zero-order valence-electron chi connectivity index (χ0n) is 9.06. The maximum Gasteiger partial charge on any atom is 0.214 e. The molecule has 1 aromatic rings. The van der Waals surface area contributed by atoms with Crippen LogP contribution in [0, 0.1) is 0 Å². The van der Waals surface area contributed by atoms with E-state index in [2.05, 4.69) is 10.3 Å². The summed E-state index contributed by atoms with van der Waals surface area (Å²) in [6, 6.07) is 3.78. The van der Waals surface area contributed by atoms with Gasteiger partial charge in [0.2, 0.25) is 5.88 Å². The van der Waals surface area contributed by atoms with Crippen LogP contribution in [0.2, 0.25) is 0 Å². The van der Waals surface area contributed by atoms with Crippen molar-refractivity contribution in [2.75, 3.05) is 32.7 Å². The summed E-state index contributed by atoms with van der Waals surface area (Å²) in [5, 5.41) is 3.23. The first-order chi connectivity index (χ1) is 7.30. The molecule has 0 spiro atoms. The molecule has 0 aliphatic rings. The van der Waals surface area contributed by atoms with Crippen LogP contribution in [0.5, 0.6) is 5.88 Å². The molecular weight excluding hydrogens is 194 g/mol. The second kappa shape index (κ2) is 6.21. The lowest BCUT2D eigenvalue weighted by atomic mass is 10.3. The predicted octanol–water partition coefficient (Wildman–Crippen LogP) is 0.476. The Morgan fingerprint density at radius 1 is 1.53 bits per heavy atom. The van der Waals surface area contributed by atoms with Gasteiger partial charge < -0.3 is 20.5 Å². The van der Waals surface area contributed by atoms with Crippen molar-refractivity contribution in [2.45, 2.75) is 6.04 Å². The van der Waals surface area contributed by atoms with Gasteiger partial charge >= 0.3 is 0 Å². The molecule has 1 heterocycles. The molecule has 1 atom stereocenters. The van der Waals surface area contributed by atoms with Gasteiger partial charge in [-0.2, -0.15) is 0 Å². The van der Waals surface area contributed by atoms with Gasteiger partial charge in [0.15, 0.2) is 0 Å². The standard InChI is InChI=1S/C10H17N3O2/c1-14-7-9(6-11)13-8-3-4-12-10(5-8)15-2/h3-5,9H,6-7,11H2,1-2H3,(H,12,13). The highest BCUT2D eigenvalue weighted by Gasteiger charge is 2.06. The normalized spacial score (nSPS) is 12.2. The van der Waals surface area contributed by atoms with E-state index in [4.69, 9.17) is 15.2 Å². The fourth-order valence-corrected chi connectivity index (χ4v) is 1.22. The number of nitrogens with zero attached hydrogens (tertiary/aromatic N) is 1. The van der Waals surface area contributed by atoms with Crippen LogP contribution in [0.1, 0.15) is 0 Å². The van der Waals surface area contributed by atoms with Crippen molar-refractivity contribution in [2.24, 2.45) is 5.73 Å². The molecule has 84 valence electrons. The van der Waals surface area contributed by atoms with Crippen LogP contribution in [0.4, 0.5) is 5.69 Å². The number of hydrogen-bond acceptors (Lipinski definition) is 5. The highest BCUT2D eigenvalue weighted by atomic mass is 16.5. The van der Waals surface area contributed by atoms with Gasteiger partial charge in [-0.25, -0.2) is 4.98 Å². The summed E-state index contributed by atoms with van der Waals surface area (Å²) in [7, 11) is 3.24. The Balaban J connectivity index is 2.61. The van der Waals surface area contributed by atoms with E-state index in [1.165, 1.54) is 0 Å². The van der Waals surface area contributed by atoms with Crippen LogP contribution in [0.15, 0.2) is 18.3 Å². The van der Waals surface area contributed by atoms with Gasteiger partial charge in [0.05, 0.1) is 19.8 Å². The lowest BCUT2D eigenvalue weighted by Gasteiger charge is -2.17. The van der Waals surface area contributed by atoms with Crippen molar-refractivity contribution in [1.82, 2.24) is 4.98 Å². The zero-order valence-corrected chi connectivity index (χ0v) is 9.06. The lowest BCUT2D eigenvalue weighted by Crippen LogP contribution is -2.33. The number of aromatic nitrogens is 1. The first-order valence-corrected chi connectivity index (χ1v) is 4.75. The Morgan fingerprint density at radius 2 is 2.33 bits per heavy atom. The molecule has 0 saturated heterocycles. The first kappa shape index (κ1) is 11.7. The molecule has 0 aliphatic carbocycles. The van der Waals surface area contributed by atoms with Crippen molar-refractivity contribution in [3.8, 4) is 5.88 Å². The minimum Gasteiger partial charge on any atom is -0.481 e. The van der Waals surface area contributed by atoms with E-state index in [1.807, 2.05) is 12.1 Å². The van der Waals surface area contributed by atoms with Crippen molar-refractivity contribution in [3.05, 3.63) is 18.3 Å². The zero-order chi connectivity index (χ0) is 11.1. The minimum atomic E-state index is 0.0992. The molecule has 15 heavy (non-hydrogen) atoms. The third-order valence-corrected chi connectivity index (χ3v) is 1.97. The van der Waals surface area contributed by atoms with Gasteiger partial charge in [-0.15, -0.1) is 0 Å². The maximum atomic E-state index is 5.59. The van der Waals surface area contributed by atoms with Gasteiger partial charge in [-0.1, -0.05) is 0 Å². The topological polar surface area (TPSA) is 69.4 Å². The number of methoxy groups -OCH3 is 2. The fraction of sp³-hybridized carbons (Fsp3) is 0.500. The molecule has 1 rings (SSSR count). The number of pyridine rings is 1. The van der Waals surface area contributed by atoms with E-state index >= 15 is 0 Å². The molecule has 0 saturated carbocycles. The Bertz CT molecular complexity index is 294. The highest BCUT2D eigenvalue weighted by molar-refractivity contribution is 5.45. The second-order valence-electron chi connectivity index (χ2n) is 3.12. The Hall–Kier alpha value is -1.33. The molecule has 0 bridgehead atoms. The number of rotatable bonds is 6. The summed E-state index contributed by atoms with van der Waals surface area (Å²) in [6.45, 7) is 1.08. The molecule has 0 aromatic carbocycles. The number of ether oxygens (including phenoxy) is 2. The van der Waals surface area contributed by atoms with Crippen molar-refractivity contribution < 1.29 is 9.47 Å². The van der Waals surface area contributed by atoms with Crippen molar-refractivity contribution in [3.63, 3.8) is 0 Å². The van der Waals surface area contributed by atoms with E-state index in [0.717, 1.165) is 5.69 Å². The summed E-state index contributed by atoms with van der Waals surface area (Å²) in [5.74, 6) is 0.577. The van der Waals surface area contributed by atoms with E-state index in [9.17, 15) is 0 Å². The quantitative estimate of drug-likeness (QED) is 0.716. The van der Waals surface area contributed by atoms with E-state index in [-0.39, 0.29) is 6.04 Å². The molecule has 0 fully saturated rings. The third kappa shape index (κ3) is 3.73. The number of nitrogens with two attached hydrogens (primary N) is 1. The summed E-state index contributed by atoms with van der Waals surface area (Å²) >= 11 is 0. The van der Waals surface area contributed by atoms with Gasteiger partial charge in [0.25, 0.3) is 0 Å². The summed E-state index contributed by atoms with van der Waals surface area (Å²) in [6.07, 6.45) is 1.68. The van der Waals surface area contributed by atoms with Crippen LogP contribution in [0.3, 0.4) is 0 Å². The van der Waals surface area contributed by atoms with Crippen LogP contribution < -0.4 is 15.8 Å². The predicted molar refractivity (Wildman–Crippen MR) is 59.1 cm³/mol. The second-order valence-corrected chi connectivity index (χ2v) is 3.12. The van der Waals surface area contributed by atoms with Gasteiger partial charge in [0, 0.05) is 31.6 Å². The summed E-state index contributed by atoms with van der Waals surface area (Å²) in [5.41, 5.74) is 6.51. The number of anilines is 1. The molecule has 3 N–H and O–H groups in total. The fourth-order valence-electron chi connectivity index (χ4n) is 1.22. The molecule has 5 heteroatoms. The van der Waals surface area contributed by atoms with Gasteiger partial charge in [0.1, 0.15) is 0 Å². The van der Waals surface area contributed by atoms with Crippen LogP contribution in [-0.4, -0.2) is 38.4 Å². The summed E-state index contributed by atoms with van der Waals surface area (Å²) in [4.78, 5) is 4.01. The molecular formula is C10H17N3O2. The van der Waals surface area contributed by atoms with Crippen molar-refractivity contribution in [1.29, 1.82) is 0 Å². The van der Waals surface area contributed by atoms with Crippen LogP contribution >= 0.6 is 0 Å². The van der Waals surface area contributed by atoms with E-state index in [0.29, 0.717) is 19.0 Å². The Kier molecular flexibility index (Phi) is 4.86. The first-order valence-electron chi connectivity index (χ1n) is 4.75. The number of hydrogen-bond donors (Lipinski definition) is 2. The Morgan fingerprint density at radius 3 is 2.93 bits per heavy atom. The average Bonchev–Trinajstić information content (AvgIpc) is 2.29. The largest absolute Gasteiger partial charge is 0.481 e. The summed E-state index contributed by atoms with van der Waals surface area (Å²) < 4.78 is 10.1. The SMILES string of the molecule is COCC(CN)Nc1ccnc(OC)c1. The van der Waals surface area contributed by atoms with Crippen molar-refractivity contribution >= 4 is 5.69 Å². The smallest absolute Gasteiger partial charge is 0.214 e. The third-order valence-electron chi connectivity index (χ3n) is 1.97. The molecule has 0 aliphatic heterocycles. The average molecular weight is 211 g/mol. The van der Waals surface area contributed by atoms with Crippen LogP contribution in [0.25, 0.3) is 0 Å².